The van der Waals surface area contributed by atoms with Crippen molar-refractivity contribution in [3.63, 3.8) is 0 Å². The number of aromatic nitrogens is 2. The number of anilines is 3. The monoisotopic (exact) mass is 396 g/mol. The summed E-state index contributed by atoms with van der Waals surface area (Å²) in [5.41, 5.74) is 2.18. The van der Waals surface area contributed by atoms with Crippen molar-refractivity contribution in [2.24, 2.45) is 0 Å². The van der Waals surface area contributed by atoms with E-state index in [1.165, 1.54) is 7.11 Å². The number of nitrogens with zero attached hydrogens (tertiary/aromatic N) is 2. The van der Waals surface area contributed by atoms with Crippen LogP contribution in [0.4, 0.5) is 17.3 Å². The van der Waals surface area contributed by atoms with E-state index in [4.69, 9.17) is 16.3 Å². The Hall–Kier alpha value is -3.45. The number of amides is 1. The Morgan fingerprint density at radius 2 is 1.75 bits per heavy atom. The minimum Gasteiger partial charge on any atom is -0.465 e. The maximum absolute atomic E-state index is 12.5. The van der Waals surface area contributed by atoms with Gasteiger partial charge in [0.15, 0.2) is 0 Å². The van der Waals surface area contributed by atoms with Crippen molar-refractivity contribution in [3.05, 3.63) is 76.6 Å². The Balaban J connectivity index is 1.85. The molecule has 1 heterocycles. The van der Waals surface area contributed by atoms with Crippen molar-refractivity contribution in [3.8, 4) is 0 Å². The number of aryl methyl sites for hydroxylation is 1. The zero-order chi connectivity index (χ0) is 20.1. The van der Waals surface area contributed by atoms with Crippen LogP contribution in [0.1, 0.15) is 26.5 Å². The van der Waals surface area contributed by atoms with E-state index in [1.54, 1.807) is 61.5 Å². The first-order chi connectivity index (χ1) is 13.5. The topological polar surface area (TPSA) is 93.2 Å². The number of hydrogen-bond acceptors (Lipinski definition) is 6. The van der Waals surface area contributed by atoms with Crippen LogP contribution in [0, 0.1) is 6.92 Å². The van der Waals surface area contributed by atoms with Crippen molar-refractivity contribution >= 4 is 40.8 Å². The summed E-state index contributed by atoms with van der Waals surface area (Å²) < 4.78 is 4.78. The van der Waals surface area contributed by atoms with Crippen molar-refractivity contribution in [1.29, 1.82) is 0 Å². The molecule has 3 rings (SSSR count). The summed E-state index contributed by atoms with van der Waals surface area (Å²) in [7, 11) is 1.31. The molecule has 0 unspecified atom stereocenters. The minimum atomic E-state index is -0.489. The van der Waals surface area contributed by atoms with Crippen LogP contribution in [0.3, 0.4) is 0 Å². The van der Waals surface area contributed by atoms with E-state index >= 15 is 0 Å². The summed E-state index contributed by atoms with van der Waals surface area (Å²) in [6.07, 6.45) is 0. The van der Waals surface area contributed by atoms with Crippen LogP contribution in [0.25, 0.3) is 0 Å². The number of hydrogen-bond donors (Lipinski definition) is 2. The lowest BCUT2D eigenvalue weighted by molar-refractivity contribution is 0.0601. The second-order valence-electron chi connectivity index (χ2n) is 5.84. The predicted octanol–water partition coefficient (Wildman–Crippen LogP) is 4.22. The number of ether oxygens (including phenoxy) is 1. The number of carbonyl (C=O) groups is 2. The average Bonchev–Trinajstić information content (AvgIpc) is 2.69. The highest BCUT2D eigenvalue weighted by atomic mass is 35.5. The number of halogens is 1. The zero-order valence-corrected chi connectivity index (χ0v) is 15.9. The standard InChI is InChI=1S/C20H17ClN4O3/c1-12-11-17(18(26)23-14-9-7-13(21)8-10-14)25-20(22-12)24-16-6-4-3-5-15(16)19(27)28-2/h3-11H,1-2H3,(H,23,26)(H,22,24,25). The van der Waals surface area contributed by atoms with Crippen LogP contribution in [0.5, 0.6) is 0 Å². The van der Waals surface area contributed by atoms with Gasteiger partial charge in [0, 0.05) is 16.4 Å². The molecule has 1 aromatic heterocycles. The van der Waals surface area contributed by atoms with Gasteiger partial charge in [0.2, 0.25) is 5.95 Å². The van der Waals surface area contributed by atoms with Crippen LogP contribution in [-0.2, 0) is 4.74 Å². The minimum absolute atomic E-state index is 0.181. The molecule has 3 aromatic rings. The van der Waals surface area contributed by atoms with Crippen molar-refractivity contribution in [2.75, 3.05) is 17.7 Å². The van der Waals surface area contributed by atoms with E-state index in [1.807, 2.05) is 0 Å². The highest BCUT2D eigenvalue weighted by Crippen LogP contribution is 2.20. The van der Waals surface area contributed by atoms with Gasteiger partial charge in [-0.1, -0.05) is 23.7 Å². The summed E-state index contributed by atoms with van der Waals surface area (Å²) in [5.74, 6) is -0.689. The van der Waals surface area contributed by atoms with Gasteiger partial charge in [-0.25, -0.2) is 14.8 Å². The fraction of sp³-hybridized carbons (Fsp3) is 0.100. The number of rotatable bonds is 5. The molecule has 0 aliphatic carbocycles. The highest BCUT2D eigenvalue weighted by Gasteiger charge is 2.15. The number of esters is 1. The van der Waals surface area contributed by atoms with Gasteiger partial charge in [-0.3, -0.25) is 4.79 Å². The van der Waals surface area contributed by atoms with E-state index < -0.39 is 11.9 Å². The third kappa shape index (κ3) is 4.63. The Kier molecular flexibility index (Phi) is 5.86. The summed E-state index contributed by atoms with van der Waals surface area (Å²) in [6.45, 7) is 1.75. The van der Waals surface area contributed by atoms with Crippen molar-refractivity contribution in [2.45, 2.75) is 6.92 Å². The second kappa shape index (κ2) is 8.49. The molecule has 142 valence electrons. The molecule has 0 saturated carbocycles. The average molecular weight is 397 g/mol. The molecule has 0 fully saturated rings. The highest BCUT2D eigenvalue weighted by molar-refractivity contribution is 6.30. The summed E-state index contributed by atoms with van der Waals surface area (Å²) >= 11 is 5.85. The fourth-order valence-electron chi connectivity index (χ4n) is 2.47. The predicted molar refractivity (Wildman–Crippen MR) is 107 cm³/mol. The van der Waals surface area contributed by atoms with Crippen LogP contribution >= 0.6 is 11.6 Å². The summed E-state index contributed by atoms with van der Waals surface area (Å²) in [4.78, 5) is 33.0. The lowest BCUT2D eigenvalue weighted by atomic mass is 10.2. The van der Waals surface area contributed by atoms with Gasteiger partial charge in [0.25, 0.3) is 5.91 Å². The van der Waals surface area contributed by atoms with Crippen LogP contribution in [0.15, 0.2) is 54.6 Å². The second-order valence-corrected chi connectivity index (χ2v) is 6.28. The van der Waals surface area contributed by atoms with Gasteiger partial charge >= 0.3 is 5.97 Å². The van der Waals surface area contributed by atoms with Crippen LogP contribution in [0.2, 0.25) is 5.02 Å². The molecule has 28 heavy (non-hydrogen) atoms. The van der Waals surface area contributed by atoms with Crippen molar-refractivity contribution in [1.82, 2.24) is 9.97 Å². The number of para-hydroxylation sites is 1. The molecule has 8 heteroatoms. The number of benzene rings is 2. The third-order valence-corrected chi connectivity index (χ3v) is 4.02. The first-order valence-corrected chi connectivity index (χ1v) is 8.71. The molecule has 0 radical (unpaired) electrons. The SMILES string of the molecule is COC(=O)c1ccccc1Nc1nc(C)cc(C(=O)Nc2ccc(Cl)cc2)n1. The Bertz CT molecular complexity index is 1020. The van der Waals surface area contributed by atoms with E-state index in [0.717, 1.165) is 0 Å². The van der Waals surface area contributed by atoms with E-state index in [0.29, 0.717) is 27.7 Å². The van der Waals surface area contributed by atoms with Gasteiger partial charge in [0.05, 0.1) is 18.4 Å². The largest absolute Gasteiger partial charge is 0.465 e. The molecule has 1 amide bonds. The maximum Gasteiger partial charge on any atom is 0.339 e. The first-order valence-electron chi connectivity index (χ1n) is 8.33. The lowest BCUT2D eigenvalue weighted by Gasteiger charge is -2.11. The molecular weight excluding hydrogens is 380 g/mol. The zero-order valence-electron chi connectivity index (χ0n) is 15.2. The normalized spacial score (nSPS) is 10.2. The molecule has 0 spiro atoms. The molecule has 0 saturated heterocycles. The molecule has 0 bridgehead atoms. The molecule has 0 atom stereocenters. The summed E-state index contributed by atoms with van der Waals surface area (Å²) in [5, 5.41) is 6.30. The number of methoxy groups -OCH3 is 1. The fourth-order valence-corrected chi connectivity index (χ4v) is 2.60. The third-order valence-electron chi connectivity index (χ3n) is 3.77. The molecule has 0 aliphatic heterocycles. The van der Waals surface area contributed by atoms with Gasteiger partial charge in [-0.2, -0.15) is 0 Å². The maximum atomic E-state index is 12.5. The Labute approximate surface area is 166 Å². The Morgan fingerprint density at radius 1 is 1.04 bits per heavy atom. The van der Waals surface area contributed by atoms with Gasteiger partial charge in [-0.15, -0.1) is 0 Å². The van der Waals surface area contributed by atoms with Gasteiger partial charge < -0.3 is 15.4 Å². The van der Waals surface area contributed by atoms with E-state index in [9.17, 15) is 9.59 Å². The van der Waals surface area contributed by atoms with Crippen LogP contribution in [-0.4, -0.2) is 29.0 Å². The molecule has 0 aliphatic rings. The van der Waals surface area contributed by atoms with E-state index in [-0.39, 0.29) is 11.6 Å². The van der Waals surface area contributed by atoms with E-state index in [2.05, 4.69) is 20.6 Å². The Morgan fingerprint density at radius 3 is 2.46 bits per heavy atom. The number of carbonyl (C=O) groups excluding carboxylic acids is 2. The molecular formula is C20H17ClN4O3. The summed E-state index contributed by atoms with van der Waals surface area (Å²) in [6, 6.07) is 15.1. The molecule has 2 aromatic carbocycles. The molecule has 7 nitrogen and oxygen atoms in total. The van der Waals surface area contributed by atoms with Gasteiger partial charge in [0.1, 0.15) is 5.69 Å². The lowest BCUT2D eigenvalue weighted by Crippen LogP contribution is -2.16. The van der Waals surface area contributed by atoms with Crippen molar-refractivity contribution < 1.29 is 14.3 Å². The van der Waals surface area contributed by atoms with Crippen LogP contribution < -0.4 is 10.6 Å². The smallest absolute Gasteiger partial charge is 0.339 e. The quantitative estimate of drug-likeness (QED) is 0.627. The first kappa shape index (κ1) is 19.3. The number of nitrogens with one attached hydrogen (secondary N) is 2. The van der Waals surface area contributed by atoms with Gasteiger partial charge in [-0.05, 0) is 49.4 Å². The molecule has 2 N–H and O–H groups in total.